The van der Waals surface area contributed by atoms with Gasteiger partial charge in [0.1, 0.15) is 0 Å². The summed E-state index contributed by atoms with van der Waals surface area (Å²) in [6.07, 6.45) is 24.3. The molecule has 192 valence electrons. The summed E-state index contributed by atoms with van der Waals surface area (Å²) in [5.74, 6) is -0.106. The van der Waals surface area contributed by atoms with Gasteiger partial charge in [0, 0.05) is 0 Å². The number of hydrogen-bond acceptors (Lipinski definition) is 6. The van der Waals surface area contributed by atoms with E-state index in [1.54, 1.807) is 12.3 Å². The molecule has 7 nitrogen and oxygen atoms in total. The Morgan fingerprint density at radius 1 is 1.00 bits per heavy atom. The number of furan rings is 1. The third kappa shape index (κ3) is 18.8. The van der Waals surface area contributed by atoms with Crippen LogP contribution in [0.25, 0.3) is 0 Å². The average molecular weight is 488 g/mol. The molecule has 0 radical (unpaired) electrons. The third-order valence-corrected chi connectivity index (χ3v) is 6.13. The van der Waals surface area contributed by atoms with E-state index in [-0.39, 0.29) is 12.5 Å². The Bertz CT molecular complexity index is 615. The minimum absolute atomic E-state index is 0.106. The van der Waals surface area contributed by atoms with Crippen LogP contribution in [0.3, 0.4) is 0 Å². The summed E-state index contributed by atoms with van der Waals surface area (Å²) in [6.45, 7) is 2.07. The topological polar surface area (TPSA) is 112 Å². The van der Waals surface area contributed by atoms with E-state index < -0.39 is 14.2 Å². The van der Waals surface area contributed by atoms with Crippen molar-refractivity contribution in [2.24, 2.45) is 0 Å². The van der Waals surface area contributed by atoms with E-state index in [1.807, 2.05) is 0 Å². The molecule has 0 aliphatic heterocycles. The first-order chi connectivity index (χ1) is 15.9. The summed E-state index contributed by atoms with van der Waals surface area (Å²) in [7, 11) is -4.62. The molecule has 8 heteroatoms. The second-order valence-corrected chi connectivity index (χ2v) is 10.3. The molecule has 0 unspecified atom stereocenters. The maximum absolute atomic E-state index is 12.3. The number of hydrogen-bond donors (Lipinski definition) is 4. The first-order valence-electron chi connectivity index (χ1n) is 12.7. The molecular weight excluding hydrogens is 441 g/mol. The van der Waals surface area contributed by atoms with Gasteiger partial charge in [0.15, 0.2) is 0 Å². The van der Waals surface area contributed by atoms with Crippen LogP contribution in [0.1, 0.15) is 102 Å². The predicted molar refractivity (Wildman–Crippen MR) is 135 cm³/mol. The van der Waals surface area contributed by atoms with Crippen molar-refractivity contribution in [1.29, 1.82) is 0 Å². The summed E-state index contributed by atoms with van der Waals surface area (Å²) in [4.78, 5) is 39.5. The molecular formula is C25H46NO6P. The molecule has 0 aromatic carbocycles. The van der Waals surface area contributed by atoms with Crippen LogP contribution in [0.4, 0.5) is 0 Å². The van der Waals surface area contributed by atoms with Crippen molar-refractivity contribution >= 4 is 14.1 Å². The standard InChI is InChI=1S/C25H46NO6P/c1-2-3-4-5-6-7-8-9-10-11-12-13-14-15-16-17-25(27)26-24(22-32-33(28,29)30)20-23-18-19-31-21-23/h9-10,18-19,21,24,28-30,33H,2-8,11-17,20,22H2,1H3,(H,26,27)/b10-9-/t24-/m1/s1. The van der Waals surface area contributed by atoms with Crippen molar-refractivity contribution in [3.8, 4) is 0 Å². The molecule has 0 saturated carbocycles. The third-order valence-electron chi connectivity index (χ3n) is 5.57. The van der Waals surface area contributed by atoms with Gasteiger partial charge in [-0.1, -0.05) is 51.2 Å². The molecule has 0 spiro atoms. The Kier molecular flexibility index (Phi) is 17.2. The Morgan fingerprint density at radius 3 is 2.18 bits per heavy atom. The fourth-order valence-corrected chi connectivity index (χ4v) is 4.14. The van der Waals surface area contributed by atoms with Crippen molar-refractivity contribution in [2.45, 2.75) is 109 Å². The van der Waals surface area contributed by atoms with Gasteiger partial charge in [-0.05, 0) is 12.8 Å². The second-order valence-electron chi connectivity index (χ2n) is 8.82. The van der Waals surface area contributed by atoms with E-state index in [1.165, 1.54) is 64.1 Å². The van der Waals surface area contributed by atoms with Gasteiger partial charge in [-0.3, -0.25) is 0 Å². The number of allylic oxidation sites excluding steroid dienone is 2. The number of rotatable bonds is 21. The van der Waals surface area contributed by atoms with Gasteiger partial charge in [-0.25, -0.2) is 0 Å². The molecule has 33 heavy (non-hydrogen) atoms. The summed E-state index contributed by atoms with van der Waals surface area (Å²) in [5.41, 5.74) is 0.853. The van der Waals surface area contributed by atoms with Gasteiger partial charge in [0.05, 0.1) is 0 Å². The zero-order chi connectivity index (χ0) is 24.2. The van der Waals surface area contributed by atoms with Crippen LogP contribution in [-0.2, 0) is 15.7 Å². The van der Waals surface area contributed by atoms with Crippen molar-refractivity contribution in [3.63, 3.8) is 0 Å². The quantitative estimate of drug-likeness (QED) is 0.0998. The maximum atomic E-state index is 12.3. The zero-order valence-electron chi connectivity index (χ0n) is 20.3. The van der Waals surface area contributed by atoms with Crippen LogP contribution >= 0.6 is 8.17 Å². The van der Waals surface area contributed by atoms with Gasteiger partial charge in [-0.15, -0.1) is 0 Å². The molecule has 1 amide bonds. The molecule has 0 aliphatic rings. The SMILES string of the molecule is CCCCCCCC/C=C\CCCCCCCC(=O)N[C@@H](CO[PH](O)(O)O)Cc1ccoc1. The molecule has 1 rings (SSSR count). The molecule has 4 N–H and O–H groups in total. The number of carbonyl (C=O) groups is 1. The zero-order valence-corrected chi connectivity index (χ0v) is 21.3. The van der Waals surface area contributed by atoms with E-state index in [2.05, 4.69) is 24.4 Å². The molecule has 1 atom stereocenters. The Balaban J connectivity index is 2.06. The first kappa shape index (κ1) is 29.8. The Labute approximate surface area is 200 Å². The van der Waals surface area contributed by atoms with Gasteiger partial charge in [0.2, 0.25) is 0 Å². The summed E-state index contributed by atoms with van der Waals surface area (Å²) in [5, 5.41) is 2.85. The van der Waals surface area contributed by atoms with Crippen LogP contribution < -0.4 is 5.32 Å². The molecule has 0 aliphatic carbocycles. The molecule has 1 aromatic heterocycles. The monoisotopic (exact) mass is 487 g/mol. The van der Waals surface area contributed by atoms with Gasteiger partial charge < -0.3 is 0 Å². The summed E-state index contributed by atoms with van der Waals surface area (Å²) in [6, 6.07) is 1.29. The van der Waals surface area contributed by atoms with E-state index in [9.17, 15) is 4.79 Å². The van der Waals surface area contributed by atoms with Crippen molar-refractivity contribution < 1.29 is 28.4 Å². The fourth-order valence-electron chi connectivity index (χ4n) is 3.71. The van der Waals surface area contributed by atoms with E-state index >= 15 is 0 Å². The molecule has 1 aromatic rings. The Hall–Kier alpha value is -1.24. The first-order valence-corrected chi connectivity index (χ1v) is 14.4. The van der Waals surface area contributed by atoms with E-state index in [0.29, 0.717) is 12.8 Å². The number of nitrogens with one attached hydrogen (secondary N) is 1. The number of carbonyl (C=O) groups excluding carboxylic acids is 1. The van der Waals surface area contributed by atoms with Crippen LogP contribution in [0.5, 0.6) is 0 Å². The van der Waals surface area contributed by atoms with Crippen molar-refractivity contribution in [3.05, 3.63) is 36.3 Å². The second kappa shape index (κ2) is 19.1. The van der Waals surface area contributed by atoms with Crippen molar-refractivity contribution in [2.75, 3.05) is 6.61 Å². The van der Waals surface area contributed by atoms with Gasteiger partial charge in [-0.2, -0.15) is 0 Å². The van der Waals surface area contributed by atoms with Crippen molar-refractivity contribution in [1.82, 2.24) is 5.32 Å². The minimum atomic E-state index is -4.62. The number of amides is 1. The molecule has 0 fully saturated rings. The van der Waals surface area contributed by atoms with E-state index in [4.69, 9.17) is 23.6 Å². The predicted octanol–water partition coefficient (Wildman–Crippen LogP) is 5.75. The Morgan fingerprint density at radius 2 is 1.61 bits per heavy atom. The van der Waals surface area contributed by atoms with Crippen LogP contribution in [0.15, 0.2) is 35.2 Å². The van der Waals surface area contributed by atoms with E-state index in [0.717, 1.165) is 31.2 Å². The summed E-state index contributed by atoms with van der Waals surface area (Å²) >= 11 is 0. The van der Waals surface area contributed by atoms with Crippen LogP contribution in [0, 0.1) is 0 Å². The number of unbranched alkanes of at least 4 members (excludes halogenated alkanes) is 11. The molecule has 1 heterocycles. The van der Waals surface area contributed by atoms with Gasteiger partial charge >= 0.3 is 136 Å². The normalized spacial score (nSPS) is 13.5. The molecule has 0 saturated heterocycles. The summed E-state index contributed by atoms with van der Waals surface area (Å²) < 4.78 is 9.76. The average Bonchev–Trinajstić information content (AvgIpc) is 3.27. The van der Waals surface area contributed by atoms with Gasteiger partial charge in [0.25, 0.3) is 0 Å². The van der Waals surface area contributed by atoms with Crippen LogP contribution in [0.2, 0.25) is 0 Å². The molecule has 0 bridgehead atoms. The fraction of sp³-hybridized carbons (Fsp3) is 0.720. The van der Waals surface area contributed by atoms with Crippen LogP contribution in [-0.4, -0.2) is 33.2 Å².